The van der Waals surface area contributed by atoms with Crippen LogP contribution in [0.1, 0.15) is 24.4 Å². The first-order chi connectivity index (χ1) is 7.67. The topological polar surface area (TPSA) is 52.3 Å². The smallest absolute Gasteiger partial charge is 0.305 e. The van der Waals surface area contributed by atoms with E-state index in [0.717, 1.165) is 5.56 Å². The Bertz CT molecular complexity index is 355. The molecule has 0 saturated heterocycles. The fraction of sp³-hybridized carbons (Fsp3) is 0.417. The molecule has 0 radical (unpaired) electrons. The lowest BCUT2D eigenvalue weighted by atomic mass is 10.0. The zero-order valence-corrected chi connectivity index (χ0v) is 10.4. The Kier molecular flexibility index (Phi) is 5.35. The fourth-order valence-electron chi connectivity index (χ4n) is 1.41. The van der Waals surface area contributed by atoms with Gasteiger partial charge in [-0.2, -0.15) is 0 Å². The second-order valence-electron chi connectivity index (χ2n) is 3.50. The Hall–Kier alpha value is -1.00. The predicted octanol–water partition coefficient (Wildman–Crippen LogP) is 2.36. The Labute approximate surface area is 100 Å². The molecule has 2 N–H and O–H groups in total. The summed E-state index contributed by atoms with van der Waals surface area (Å²) in [6, 6.07) is 7.97. The normalized spacial score (nSPS) is 12.2. The van der Waals surface area contributed by atoms with Gasteiger partial charge < -0.3 is 10.5 Å². The quantitative estimate of drug-likeness (QED) is 0.633. The van der Waals surface area contributed by atoms with E-state index in [2.05, 4.69) is 10.8 Å². The van der Waals surface area contributed by atoms with Crippen molar-refractivity contribution in [3.63, 3.8) is 0 Å². The Balaban J connectivity index is 2.58. The third-order valence-corrected chi connectivity index (χ3v) is 3.13. The highest BCUT2D eigenvalue weighted by Crippen LogP contribution is 2.21. The molecule has 0 heterocycles. The van der Waals surface area contributed by atoms with Gasteiger partial charge in [-0.15, -0.1) is 11.8 Å². The number of carbonyl (C=O) groups is 1. The zero-order chi connectivity index (χ0) is 12.0. The van der Waals surface area contributed by atoms with Crippen molar-refractivity contribution in [1.82, 2.24) is 0 Å². The molecule has 0 saturated carbocycles. The number of carbonyl (C=O) groups excluding carboxylic acids is 1. The average molecular weight is 239 g/mol. The molecule has 0 fully saturated rings. The first-order valence-corrected chi connectivity index (χ1v) is 6.36. The van der Waals surface area contributed by atoms with Crippen LogP contribution in [-0.4, -0.2) is 19.3 Å². The maximum absolute atomic E-state index is 11.0. The largest absolute Gasteiger partial charge is 0.469 e. The summed E-state index contributed by atoms with van der Waals surface area (Å²) in [5, 5.41) is 0. The van der Waals surface area contributed by atoms with E-state index in [0.29, 0.717) is 12.8 Å². The van der Waals surface area contributed by atoms with E-state index >= 15 is 0 Å². The summed E-state index contributed by atoms with van der Waals surface area (Å²) < 4.78 is 4.58. The molecule has 1 unspecified atom stereocenters. The van der Waals surface area contributed by atoms with Crippen molar-refractivity contribution in [3.05, 3.63) is 29.8 Å². The summed E-state index contributed by atoms with van der Waals surface area (Å²) in [4.78, 5) is 12.2. The van der Waals surface area contributed by atoms with Crippen LogP contribution in [0.4, 0.5) is 0 Å². The molecule has 0 bridgehead atoms. The number of methoxy groups -OCH3 is 1. The monoisotopic (exact) mass is 239 g/mol. The molecule has 88 valence electrons. The molecule has 0 aliphatic heterocycles. The Morgan fingerprint density at radius 1 is 1.56 bits per heavy atom. The van der Waals surface area contributed by atoms with Gasteiger partial charge in [0, 0.05) is 17.4 Å². The van der Waals surface area contributed by atoms with E-state index in [1.165, 1.54) is 12.0 Å². The summed E-state index contributed by atoms with van der Waals surface area (Å²) in [5.74, 6) is -0.212. The predicted molar refractivity (Wildman–Crippen MR) is 66.4 cm³/mol. The van der Waals surface area contributed by atoms with E-state index in [1.54, 1.807) is 11.8 Å². The summed E-state index contributed by atoms with van der Waals surface area (Å²) in [6.07, 6.45) is 3.00. The van der Waals surface area contributed by atoms with E-state index in [1.807, 2.05) is 24.5 Å². The first kappa shape index (κ1) is 13.1. The first-order valence-electron chi connectivity index (χ1n) is 5.13. The van der Waals surface area contributed by atoms with Crippen LogP contribution < -0.4 is 5.73 Å². The van der Waals surface area contributed by atoms with Gasteiger partial charge in [-0.1, -0.05) is 12.1 Å². The molecule has 0 aliphatic rings. The van der Waals surface area contributed by atoms with Gasteiger partial charge in [-0.3, -0.25) is 4.79 Å². The lowest BCUT2D eigenvalue weighted by Gasteiger charge is -2.12. The SMILES string of the molecule is COC(=O)CCC(N)c1cccc(SC)c1. The van der Waals surface area contributed by atoms with Gasteiger partial charge in [-0.25, -0.2) is 0 Å². The van der Waals surface area contributed by atoms with Crippen molar-refractivity contribution < 1.29 is 9.53 Å². The van der Waals surface area contributed by atoms with Crippen LogP contribution in [0.25, 0.3) is 0 Å². The fourth-order valence-corrected chi connectivity index (χ4v) is 1.88. The third kappa shape index (κ3) is 3.87. The standard InChI is InChI=1S/C12H17NO2S/c1-15-12(14)7-6-11(13)9-4-3-5-10(8-9)16-2/h3-5,8,11H,6-7,13H2,1-2H3. The van der Waals surface area contributed by atoms with Crippen LogP contribution in [0.15, 0.2) is 29.2 Å². The highest BCUT2D eigenvalue weighted by molar-refractivity contribution is 7.98. The van der Waals surface area contributed by atoms with Crippen LogP contribution in [0.2, 0.25) is 0 Å². The number of nitrogens with two attached hydrogens (primary N) is 1. The summed E-state index contributed by atoms with van der Waals surface area (Å²) in [6.45, 7) is 0. The van der Waals surface area contributed by atoms with Crippen LogP contribution in [0.3, 0.4) is 0 Å². The number of thioether (sulfide) groups is 1. The summed E-state index contributed by atoms with van der Waals surface area (Å²) in [7, 11) is 1.39. The van der Waals surface area contributed by atoms with Crippen LogP contribution in [0.5, 0.6) is 0 Å². The van der Waals surface area contributed by atoms with Crippen LogP contribution in [0, 0.1) is 0 Å². The number of rotatable bonds is 5. The lowest BCUT2D eigenvalue weighted by molar-refractivity contribution is -0.140. The molecule has 16 heavy (non-hydrogen) atoms. The Morgan fingerprint density at radius 3 is 2.94 bits per heavy atom. The van der Waals surface area contributed by atoms with E-state index in [9.17, 15) is 4.79 Å². The van der Waals surface area contributed by atoms with Crippen molar-refractivity contribution in [1.29, 1.82) is 0 Å². The number of ether oxygens (including phenoxy) is 1. The molecule has 1 rings (SSSR count). The molecule has 0 amide bonds. The van der Waals surface area contributed by atoms with Gasteiger partial charge in [0.25, 0.3) is 0 Å². The molecular formula is C12H17NO2S. The molecule has 4 heteroatoms. The highest BCUT2D eigenvalue weighted by atomic mass is 32.2. The van der Waals surface area contributed by atoms with Gasteiger partial charge in [0.2, 0.25) is 0 Å². The second kappa shape index (κ2) is 6.55. The minimum absolute atomic E-state index is 0.105. The number of esters is 1. The molecule has 1 aromatic carbocycles. The van der Waals surface area contributed by atoms with Gasteiger partial charge in [0.1, 0.15) is 0 Å². The van der Waals surface area contributed by atoms with Gasteiger partial charge in [-0.05, 0) is 30.4 Å². The van der Waals surface area contributed by atoms with Crippen LogP contribution >= 0.6 is 11.8 Å². The number of hydrogen-bond acceptors (Lipinski definition) is 4. The van der Waals surface area contributed by atoms with E-state index in [4.69, 9.17) is 5.73 Å². The molecule has 0 aromatic heterocycles. The van der Waals surface area contributed by atoms with E-state index in [-0.39, 0.29) is 12.0 Å². The number of benzene rings is 1. The van der Waals surface area contributed by atoms with E-state index < -0.39 is 0 Å². The minimum Gasteiger partial charge on any atom is -0.469 e. The molecule has 1 aromatic rings. The van der Waals surface area contributed by atoms with Crippen molar-refractivity contribution in [2.24, 2.45) is 5.73 Å². The number of hydrogen-bond donors (Lipinski definition) is 1. The maximum Gasteiger partial charge on any atom is 0.305 e. The molecule has 0 aliphatic carbocycles. The van der Waals surface area contributed by atoms with Crippen molar-refractivity contribution in [3.8, 4) is 0 Å². The minimum atomic E-state index is -0.212. The Morgan fingerprint density at radius 2 is 2.31 bits per heavy atom. The maximum atomic E-state index is 11.0. The highest BCUT2D eigenvalue weighted by Gasteiger charge is 2.09. The zero-order valence-electron chi connectivity index (χ0n) is 9.60. The third-order valence-electron chi connectivity index (χ3n) is 2.41. The summed E-state index contributed by atoms with van der Waals surface area (Å²) in [5.41, 5.74) is 7.07. The van der Waals surface area contributed by atoms with Crippen molar-refractivity contribution in [2.45, 2.75) is 23.8 Å². The molecule has 1 atom stereocenters. The second-order valence-corrected chi connectivity index (χ2v) is 4.38. The molecular weight excluding hydrogens is 222 g/mol. The van der Waals surface area contributed by atoms with Crippen LogP contribution in [-0.2, 0) is 9.53 Å². The average Bonchev–Trinajstić information content (AvgIpc) is 2.35. The summed E-state index contributed by atoms with van der Waals surface area (Å²) >= 11 is 1.68. The van der Waals surface area contributed by atoms with Gasteiger partial charge >= 0.3 is 5.97 Å². The van der Waals surface area contributed by atoms with Crippen molar-refractivity contribution >= 4 is 17.7 Å². The molecule has 3 nitrogen and oxygen atoms in total. The van der Waals surface area contributed by atoms with Crippen molar-refractivity contribution in [2.75, 3.05) is 13.4 Å². The lowest BCUT2D eigenvalue weighted by Crippen LogP contribution is -2.13. The van der Waals surface area contributed by atoms with Gasteiger partial charge in [0.05, 0.1) is 7.11 Å². The molecule has 0 spiro atoms. The van der Waals surface area contributed by atoms with Gasteiger partial charge in [0.15, 0.2) is 0 Å².